The molecule has 0 bridgehead atoms. The molecule has 0 aliphatic rings. The van der Waals surface area contributed by atoms with Gasteiger partial charge < -0.3 is 18.9 Å². The SMILES string of the molecule is C=CC(=O)OC(C)COCC(CCC)OCC(C)OC(=O)C=C. The molecule has 23 heavy (non-hydrogen) atoms. The summed E-state index contributed by atoms with van der Waals surface area (Å²) in [5.74, 6) is -0.942. The van der Waals surface area contributed by atoms with E-state index >= 15 is 0 Å². The summed E-state index contributed by atoms with van der Waals surface area (Å²) >= 11 is 0. The minimum Gasteiger partial charge on any atom is -0.457 e. The fourth-order valence-electron chi connectivity index (χ4n) is 1.73. The molecule has 0 aromatic heterocycles. The zero-order valence-corrected chi connectivity index (χ0v) is 14.3. The minimum atomic E-state index is -0.472. The van der Waals surface area contributed by atoms with Gasteiger partial charge in [-0.1, -0.05) is 26.5 Å². The van der Waals surface area contributed by atoms with E-state index in [-0.39, 0.29) is 31.5 Å². The molecule has 0 N–H and O–H groups in total. The van der Waals surface area contributed by atoms with Crippen molar-refractivity contribution in [2.24, 2.45) is 0 Å². The van der Waals surface area contributed by atoms with Crippen LogP contribution in [0.2, 0.25) is 0 Å². The predicted octanol–water partition coefficient (Wildman–Crippen LogP) is 2.42. The van der Waals surface area contributed by atoms with Crippen LogP contribution in [-0.2, 0) is 28.5 Å². The highest BCUT2D eigenvalue weighted by Crippen LogP contribution is 2.06. The van der Waals surface area contributed by atoms with Gasteiger partial charge in [-0.3, -0.25) is 0 Å². The molecular formula is C17H28O6. The van der Waals surface area contributed by atoms with Gasteiger partial charge in [-0.15, -0.1) is 0 Å². The number of hydrogen-bond donors (Lipinski definition) is 0. The van der Waals surface area contributed by atoms with Crippen molar-refractivity contribution in [2.45, 2.75) is 51.9 Å². The smallest absolute Gasteiger partial charge is 0.330 e. The molecule has 6 nitrogen and oxygen atoms in total. The van der Waals surface area contributed by atoms with E-state index in [4.69, 9.17) is 18.9 Å². The van der Waals surface area contributed by atoms with Gasteiger partial charge in [0, 0.05) is 12.2 Å². The second kappa shape index (κ2) is 12.8. The molecule has 3 unspecified atom stereocenters. The van der Waals surface area contributed by atoms with Gasteiger partial charge in [-0.05, 0) is 20.3 Å². The Morgan fingerprint density at radius 3 is 1.96 bits per heavy atom. The number of ether oxygens (including phenoxy) is 4. The maximum atomic E-state index is 11.1. The summed E-state index contributed by atoms with van der Waals surface area (Å²) in [6.45, 7) is 13.2. The van der Waals surface area contributed by atoms with E-state index in [9.17, 15) is 9.59 Å². The van der Waals surface area contributed by atoms with Crippen LogP contribution in [0.5, 0.6) is 0 Å². The second-order valence-electron chi connectivity index (χ2n) is 5.18. The molecular weight excluding hydrogens is 300 g/mol. The minimum absolute atomic E-state index is 0.104. The largest absolute Gasteiger partial charge is 0.457 e. The van der Waals surface area contributed by atoms with Crippen LogP contribution >= 0.6 is 0 Å². The van der Waals surface area contributed by atoms with Gasteiger partial charge in [-0.2, -0.15) is 0 Å². The van der Waals surface area contributed by atoms with Crippen molar-refractivity contribution >= 4 is 11.9 Å². The number of carbonyl (C=O) groups is 2. The fraction of sp³-hybridized carbons (Fsp3) is 0.647. The van der Waals surface area contributed by atoms with Crippen LogP contribution in [0.4, 0.5) is 0 Å². The van der Waals surface area contributed by atoms with Crippen LogP contribution in [0, 0.1) is 0 Å². The number of carbonyl (C=O) groups excluding carboxylic acids is 2. The fourth-order valence-corrected chi connectivity index (χ4v) is 1.73. The van der Waals surface area contributed by atoms with Gasteiger partial charge in [0.1, 0.15) is 12.2 Å². The molecule has 0 aliphatic carbocycles. The molecule has 0 amide bonds. The molecule has 0 heterocycles. The molecule has 0 aliphatic heterocycles. The average molecular weight is 328 g/mol. The number of rotatable bonds is 13. The lowest BCUT2D eigenvalue weighted by Gasteiger charge is -2.21. The van der Waals surface area contributed by atoms with Crippen LogP contribution in [0.25, 0.3) is 0 Å². The Morgan fingerprint density at radius 2 is 1.48 bits per heavy atom. The van der Waals surface area contributed by atoms with Crippen LogP contribution in [0.3, 0.4) is 0 Å². The van der Waals surface area contributed by atoms with Crippen molar-refractivity contribution in [3.8, 4) is 0 Å². The normalized spacial score (nSPS) is 14.4. The molecule has 0 fully saturated rings. The van der Waals surface area contributed by atoms with Crippen molar-refractivity contribution in [3.05, 3.63) is 25.3 Å². The molecule has 0 spiro atoms. The molecule has 0 radical (unpaired) electrons. The van der Waals surface area contributed by atoms with Gasteiger partial charge in [-0.25, -0.2) is 9.59 Å². The molecule has 132 valence electrons. The van der Waals surface area contributed by atoms with Crippen molar-refractivity contribution in [1.29, 1.82) is 0 Å². The van der Waals surface area contributed by atoms with Crippen molar-refractivity contribution in [3.63, 3.8) is 0 Å². The summed E-state index contributed by atoms with van der Waals surface area (Å²) in [5, 5.41) is 0. The third kappa shape index (κ3) is 11.5. The van der Waals surface area contributed by atoms with E-state index < -0.39 is 11.9 Å². The predicted molar refractivity (Wildman–Crippen MR) is 87.0 cm³/mol. The molecule has 3 atom stereocenters. The first-order valence-corrected chi connectivity index (χ1v) is 7.78. The van der Waals surface area contributed by atoms with Crippen LogP contribution < -0.4 is 0 Å². The van der Waals surface area contributed by atoms with E-state index in [2.05, 4.69) is 13.2 Å². The van der Waals surface area contributed by atoms with Crippen molar-refractivity contribution < 1.29 is 28.5 Å². The van der Waals surface area contributed by atoms with Gasteiger partial charge in [0.15, 0.2) is 0 Å². The Morgan fingerprint density at radius 1 is 0.957 bits per heavy atom. The summed E-state index contributed by atoms with van der Waals surface area (Å²) in [5.41, 5.74) is 0. The highest BCUT2D eigenvalue weighted by Gasteiger charge is 2.14. The van der Waals surface area contributed by atoms with Crippen molar-refractivity contribution in [1.82, 2.24) is 0 Å². The molecule has 6 heteroatoms. The molecule has 0 aromatic carbocycles. The van der Waals surface area contributed by atoms with E-state index in [1.165, 1.54) is 0 Å². The van der Waals surface area contributed by atoms with Gasteiger partial charge in [0.2, 0.25) is 0 Å². The molecule has 0 rings (SSSR count). The maximum absolute atomic E-state index is 11.1. The zero-order chi connectivity index (χ0) is 17.7. The monoisotopic (exact) mass is 328 g/mol. The van der Waals surface area contributed by atoms with Gasteiger partial charge in [0.25, 0.3) is 0 Å². The molecule has 0 saturated heterocycles. The summed E-state index contributed by atoms with van der Waals surface area (Å²) in [4.78, 5) is 22.1. The summed E-state index contributed by atoms with van der Waals surface area (Å²) in [6.07, 6.45) is 3.19. The Balaban J connectivity index is 4.06. The van der Waals surface area contributed by atoms with Crippen LogP contribution in [-0.4, -0.2) is 50.1 Å². The topological polar surface area (TPSA) is 71.1 Å². The van der Waals surface area contributed by atoms with E-state index in [0.29, 0.717) is 6.61 Å². The zero-order valence-electron chi connectivity index (χ0n) is 14.3. The Hall–Kier alpha value is -1.66. The third-order valence-corrected chi connectivity index (χ3v) is 2.80. The molecule has 0 aromatic rings. The highest BCUT2D eigenvalue weighted by atomic mass is 16.6. The molecule has 0 saturated carbocycles. The van der Waals surface area contributed by atoms with E-state index in [0.717, 1.165) is 25.0 Å². The second-order valence-corrected chi connectivity index (χ2v) is 5.18. The number of hydrogen-bond acceptors (Lipinski definition) is 6. The number of esters is 2. The average Bonchev–Trinajstić information content (AvgIpc) is 2.52. The quantitative estimate of drug-likeness (QED) is 0.382. The first kappa shape index (κ1) is 21.3. The lowest BCUT2D eigenvalue weighted by Crippen LogP contribution is -2.28. The lowest BCUT2D eigenvalue weighted by molar-refractivity contribution is -0.149. The van der Waals surface area contributed by atoms with E-state index in [1.54, 1.807) is 13.8 Å². The standard InChI is InChI=1S/C17H28O6/c1-6-9-15(21-11-14(5)23-17(19)8-3)12-20-10-13(4)22-16(18)7-2/h7-8,13-15H,2-3,6,9-12H2,1,4-5H3. The van der Waals surface area contributed by atoms with Gasteiger partial charge in [0.05, 0.1) is 25.9 Å². The Kier molecular flexibility index (Phi) is 11.9. The summed E-state index contributed by atoms with van der Waals surface area (Å²) in [6, 6.07) is 0. The highest BCUT2D eigenvalue weighted by molar-refractivity contribution is 5.81. The first-order chi connectivity index (χ1) is 10.9. The van der Waals surface area contributed by atoms with E-state index in [1.807, 2.05) is 6.92 Å². The Labute approximate surface area is 138 Å². The summed E-state index contributed by atoms with van der Waals surface area (Å²) < 4.78 is 21.3. The Bertz CT molecular complexity index is 379. The van der Waals surface area contributed by atoms with Crippen LogP contribution in [0.1, 0.15) is 33.6 Å². The van der Waals surface area contributed by atoms with Crippen molar-refractivity contribution in [2.75, 3.05) is 19.8 Å². The van der Waals surface area contributed by atoms with Crippen LogP contribution in [0.15, 0.2) is 25.3 Å². The third-order valence-electron chi connectivity index (χ3n) is 2.80. The summed E-state index contributed by atoms with van der Waals surface area (Å²) in [7, 11) is 0. The lowest BCUT2D eigenvalue weighted by atomic mass is 10.2. The van der Waals surface area contributed by atoms with Gasteiger partial charge >= 0.3 is 11.9 Å². The maximum Gasteiger partial charge on any atom is 0.330 e. The first-order valence-electron chi connectivity index (χ1n) is 7.78.